The number of halogens is 1. The lowest BCUT2D eigenvalue weighted by atomic mass is 10.0. The zero-order chi connectivity index (χ0) is 15.4. The van der Waals surface area contributed by atoms with Crippen LogP contribution >= 0.6 is 11.6 Å². The maximum Gasteiger partial charge on any atom is 0.345 e. The van der Waals surface area contributed by atoms with Crippen molar-refractivity contribution >= 4 is 17.6 Å². The first-order valence-corrected chi connectivity index (χ1v) is 7.06. The van der Waals surface area contributed by atoms with Gasteiger partial charge in [0.25, 0.3) is 0 Å². The molecule has 1 atom stereocenters. The third-order valence-corrected chi connectivity index (χ3v) is 3.83. The predicted molar refractivity (Wildman–Crippen MR) is 83.1 cm³/mol. The Morgan fingerprint density at radius 2 is 1.90 bits per heavy atom. The fourth-order valence-corrected chi connectivity index (χ4v) is 2.29. The van der Waals surface area contributed by atoms with Gasteiger partial charge in [-0.05, 0) is 42.7 Å². The van der Waals surface area contributed by atoms with Crippen LogP contribution in [0.1, 0.15) is 16.7 Å². The molecule has 0 heterocycles. The zero-order valence-electron chi connectivity index (χ0n) is 12.0. The topological polar surface area (TPSA) is 46.5 Å². The molecular formula is C17H17ClO3. The van der Waals surface area contributed by atoms with Gasteiger partial charge in [-0.25, -0.2) is 4.79 Å². The van der Waals surface area contributed by atoms with Crippen molar-refractivity contribution in [3.05, 3.63) is 64.2 Å². The van der Waals surface area contributed by atoms with E-state index in [-0.39, 0.29) is 6.42 Å². The molecule has 21 heavy (non-hydrogen) atoms. The molecule has 4 heteroatoms. The van der Waals surface area contributed by atoms with Crippen molar-refractivity contribution in [1.82, 2.24) is 0 Å². The number of ether oxygens (including phenoxy) is 1. The van der Waals surface area contributed by atoms with Gasteiger partial charge in [0.15, 0.2) is 6.10 Å². The monoisotopic (exact) mass is 304 g/mol. The molecule has 2 aromatic rings. The van der Waals surface area contributed by atoms with Crippen LogP contribution in [0.2, 0.25) is 5.02 Å². The number of hydrogen-bond donors (Lipinski definition) is 1. The van der Waals surface area contributed by atoms with E-state index in [1.807, 2.05) is 44.2 Å². The van der Waals surface area contributed by atoms with Crippen LogP contribution in [-0.4, -0.2) is 17.2 Å². The Labute approximate surface area is 129 Å². The number of carbonyl (C=O) groups is 1. The van der Waals surface area contributed by atoms with E-state index in [1.165, 1.54) is 0 Å². The number of carboxylic acid groups (broad SMARTS) is 1. The molecule has 0 saturated carbocycles. The largest absolute Gasteiger partial charge is 0.478 e. The maximum atomic E-state index is 11.5. The molecule has 0 aliphatic rings. The smallest absolute Gasteiger partial charge is 0.345 e. The van der Waals surface area contributed by atoms with Gasteiger partial charge in [-0.3, -0.25) is 0 Å². The van der Waals surface area contributed by atoms with Gasteiger partial charge in [0, 0.05) is 11.4 Å². The summed E-state index contributed by atoms with van der Waals surface area (Å²) in [6.07, 6.45) is -0.668. The van der Waals surface area contributed by atoms with E-state index in [0.29, 0.717) is 10.8 Å². The molecule has 3 nitrogen and oxygen atoms in total. The molecule has 2 rings (SSSR count). The van der Waals surface area contributed by atoms with Crippen molar-refractivity contribution in [2.45, 2.75) is 26.4 Å². The fourth-order valence-electron chi connectivity index (χ4n) is 2.09. The SMILES string of the molecule is Cc1ccccc1O[C@H](Cc1cccc(Cl)c1C)C(=O)O. The van der Waals surface area contributed by atoms with Crippen molar-refractivity contribution in [3.63, 3.8) is 0 Å². The van der Waals surface area contributed by atoms with Crippen molar-refractivity contribution in [1.29, 1.82) is 0 Å². The molecule has 0 fully saturated rings. The van der Waals surface area contributed by atoms with Crippen LogP contribution in [-0.2, 0) is 11.2 Å². The highest BCUT2D eigenvalue weighted by atomic mass is 35.5. The summed E-state index contributed by atoms with van der Waals surface area (Å²) >= 11 is 6.07. The lowest BCUT2D eigenvalue weighted by molar-refractivity contribution is -0.145. The maximum absolute atomic E-state index is 11.5. The van der Waals surface area contributed by atoms with Crippen molar-refractivity contribution in [2.75, 3.05) is 0 Å². The normalized spacial score (nSPS) is 12.0. The van der Waals surface area contributed by atoms with Gasteiger partial charge < -0.3 is 9.84 Å². The van der Waals surface area contributed by atoms with Crippen LogP contribution in [0.5, 0.6) is 5.75 Å². The van der Waals surface area contributed by atoms with Crippen LogP contribution < -0.4 is 4.74 Å². The first-order chi connectivity index (χ1) is 9.99. The minimum Gasteiger partial charge on any atom is -0.478 e. The second-order valence-electron chi connectivity index (χ2n) is 4.94. The van der Waals surface area contributed by atoms with Crippen LogP contribution in [0, 0.1) is 13.8 Å². The number of benzene rings is 2. The van der Waals surface area contributed by atoms with Gasteiger partial charge in [-0.15, -0.1) is 0 Å². The summed E-state index contributed by atoms with van der Waals surface area (Å²) in [7, 11) is 0. The predicted octanol–water partition coefficient (Wildman–Crippen LogP) is 4.03. The number of aliphatic carboxylic acids is 1. The van der Waals surface area contributed by atoms with E-state index in [4.69, 9.17) is 16.3 Å². The van der Waals surface area contributed by atoms with Crippen molar-refractivity contribution in [3.8, 4) is 5.75 Å². The number of para-hydroxylation sites is 1. The molecule has 0 unspecified atom stereocenters. The highest BCUT2D eigenvalue weighted by molar-refractivity contribution is 6.31. The average molecular weight is 305 g/mol. The molecule has 0 radical (unpaired) electrons. The van der Waals surface area contributed by atoms with Gasteiger partial charge >= 0.3 is 5.97 Å². The van der Waals surface area contributed by atoms with E-state index in [0.717, 1.165) is 16.7 Å². The van der Waals surface area contributed by atoms with Gasteiger partial charge in [-0.1, -0.05) is 41.9 Å². The second kappa shape index (κ2) is 6.64. The van der Waals surface area contributed by atoms with E-state index < -0.39 is 12.1 Å². The van der Waals surface area contributed by atoms with Crippen LogP contribution in [0.4, 0.5) is 0 Å². The number of hydrogen-bond acceptors (Lipinski definition) is 2. The number of carboxylic acids is 1. The third kappa shape index (κ3) is 3.76. The zero-order valence-corrected chi connectivity index (χ0v) is 12.7. The molecule has 0 amide bonds. The van der Waals surface area contributed by atoms with Crippen molar-refractivity contribution < 1.29 is 14.6 Å². The van der Waals surface area contributed by atoms with Gasteiger partial charge in [0.1, 0.15) is 5.75 Å². The number of rotatable bonds is 5. The molecule has 0 bridgehead atoms. The molecule has 0 aliphatic heterocycles. The lowest BCUT2D eigenvalue weighted by Crippen LogP contribution is -2.30. The van der Waals surface area contributed by atoms with Gasteiger partial charge in [0.05, 0.1) is 0 Å². The van der Waals surface area contributed by atoms with Gasteiger partial charge in [0.2, 0.25) is 0 Å². The Balaban J connectivity index is 2.22. The van der Waals surface area contributed by atoms with Gasteiger partial charge in [-0.2, -0.15) is 0 Å². The lowest BCUT2D eigenvalue weighted by Gasteiger charge is -2.18. The van der Waals surface area contributed by atoms with E-state index in [1.54, 1.807) is 12.1 Å². The summed E-state index contributed by atoms with van der Waals surface area (Å²) in [5.41, 5.74) is 2.67. The Hall–Kier alpha value is -2.00. The molecule has 0 aromatic heterocycles. The number of aryl methyl sites for hydroxylation is 1. The first kappa shape index (κ1) is 15.4. The first-order valence-electron chi connectivity index (χ1n) is 6.68. The minimum atomic E-state index is -0.988. The van der Waals surface area contributed by atoms with E-state index in [2.05, 4.69) is 0 Å². The van der Waals surface area contributed by atoms with Crippen LogP contribution in [0.3, 0.4) is 0 Å². The summed E-state index contributed by atoms with van der Waals surface area (Å²) in [5, 5.41) is 10.0. The molecule has 110 valence electrons. The summed E-state index contributed by atoms with van der Waals surface area (Å²) in [6, 6.07) is 12.9. The summed E-state index contributed by atoms with van der Waals surface area (Å²) in [5.74, 6) is -0.401. The molecule has 2 aromatic carbocycles. The van der Waals surface area contributed by atoms with Crippen LogP contribution in [0.25, 0.3) is 0 Å². The highest BCUT2D eigenvalue weighted by Crippen LogP contribution is 2.23. The molecule has 0 saturated heterocycles. The quantitative estimate of drug-likeness (QED) is 0.907. The Kier molecular flexibility index (Phi) is 4.86. The molecule has 0 aliphatic carbocycles. The summed E-state index contributed by atoms with van der Waals surface area (Å²) < 4.78 is 5.66. The standard InChI is InChI=1S/C17H17ClO3/c1-11-6-3-4-9-15(11)21-16(17(19)20)10-13-7-5-8-14(18)12(13)2/h3-9,16H,10H2,1-2H3,(H,19,20)/t16-/m1/s1. The van der Waals surface area contributed by atoms with E-state index in [9.17, 15) is 9.90 Å². The second-order valence-corrected chi connectivity index (χ2v) is 5.35. The summed E-state index contributed by atoms with van der Waals surface area (Å²) in [4.78, 5) is 11.5. The Bertz CT molecular complexity index is 652. The van der Waals surface area contributed by atoms with Crippen LogP contribution in [0.15, 0.2) is 42.5 Å². The molecular weight excluding hydrogens is 288 g/mol. The fraction of sp³-hybridized carbons (Fsp3) is 0.235. The summed E-state index contributed by atoms with van der Waals surface area (Å²) in [6.45, 7) is 3.77. The average Bonchev–Trinajstić information content (AvgIpc) is 2.45. The van der Waals surface area contributed by atoms with E-state index >= 15 is 0 Å². The molecule has 1 N–H and O–H groups in total. The van der Waals surface area contributed by atoms with Crippen molar-refractivity contribution in [2.24, 2.45) is 0 Å². The third-order valence-electron chi connectivity index (χ3n) is 3.42. The highest BCUT2D eigenvalue weighted by Gasteiger charge is 2.22. The Morgan fingerprint density at radius 3 is 2.57 bits per heavy atom. The minimum absolute atomic E-state index is 0.274. The Morgan fingerprint density at radius 1 is 1.19 bits per heavy atom. The molecule has 0 spiro atoms.